The summed E-state index contributed by atoms with van der Waals surface area (Å²) in [5.41, 5.74) is 1.70. The molecule has 0 aliphatic carbocycles. The SMILES string of the molecule is COOC(=O)[C@@H](Cc1ccc(Br)cc1)NC(=O)OCc1ccccc1. The third kappa shape index (κ3) is 6.56. The fourth-order valence-corrected chi connectivity index (χ4v) is 2.36. The Hall–Kier alpha value is -2.38. The van der Waals surface area contributed by atoms with E-state index < -0.39 is 18.1 Å². The molecule has 0 aromatic heterocycles. The molecule has 0 saturated heterocycles. The number of ether oxygens (including phenoxy) is 1. The van der Waals surface area contributed by atoms with Gasteiger partial charge < -0.3 is 10.1 Å². The summed E-state index contributed by atoms with van der Waals surface area (Å²) in [5, 5.41) is 2.51. The molecule has 132 valence electrons. The van der Waals surface area contributed by atoms with Gasteiger partial charge in [0.05, 0.1) is 7.11 Å². The minimum atomic E-state index is -0.926. The molecule has 0 saturated carbocycles. The van der Waals surface area contributed by atoms with Gasteiger partial charge in [0, 0.05) is 10.9 Å². The number of hydrogen-bond donors (Lipinski definition) is 1. The number of amides is 1. The van der Waals surface area contributed by atoms with E-state index in [9.17, 15) is 9.59 Å². The lowest BCUT2D eigenvalue weighted by molar-refractivity contribution is -0.256. The van der Waals surface area contributed by atoms with Gasteiger partial charge in [0.25, 0.3) is 0 Å². The van der Waals surface area contributed by atoms with E-state index in [2.05, 4.69) is 31.0 Å². The van der Waals surface area contributed by atoms with Crippen LogP contribution in [0.3, 0.4) is 0 Å². The Balaban J connectivity index is 1.96. The number of alkyl carbamates (subject to hydrolysis) is 1. The van der Waals surface area contributed by atoms with Crippen molar-refractivity contribution >= 4 is 28.0 Å². The number of hydrogen-bond acceptors (Lipinski definition) is 5. The summed E-state index contributed by atoms with van der Waals surface area (Å²) in [5.74, 6) is -0.706. The summed E-state index contributed by atoms with van der Waals surface area (Å²) in [6.45, 7) is 0.108. The first-order chi connectivity index (χ1) is 12.1. The molecule has 25 heavy (non-hydrogen) atoms. The Labute approximate surface area is 154 Å². The van der Waals surface area contributed by atoms with Crippen molar-refractivity contribution in [3.8, 4) is 0 Å². The van der Waals surface area contributed by atoms with Gasteiger partial charge in [-0.15, -0.1) is 0 Å². The highest BCUT2D eigenvalue weighted by atomic mass is 79.9. The molecule has 2 aromatic carbocycles. The second-order valence-corrected chi connectivity index (χ2v) is 6.07. The molecule has 0 bridgehead atoms. The van der Waals surface area contributed by atoms with Gasteiger partial charge in [0.1, 0.15) is 12.6 Å². The summed E-state index contributed by atoms with van der Waals surface area (Å²) < 4.78 is 6.06. The van der Waals surface area contributed by atoms with Gasteiger partial charge in [-0.25, -0.2) is 9.59 Å². The minimum absolute atomic E-state index is 0.108. The second-order valence-electron chi connectivity index (χ2n) is 5.16. The average Bonchev–Trinajstić information content (AvgIpc) is 2.62. The van der Waals surface area contributed by atoms with Crippen molar-refractivity contribution in [1.29, 1.82) is 0 Å². The van der Waals surface area contributed by atoms with Crippen molar-refractivity contribution in [2.75, 3.05) is 7.11 Å². The molecule has 1 N–H and O–H groups in total. The number of rotatable bonds is 7. The lowest BCUT2D eigenvalue weighted by Crippen LogP contribution is -2.43. The number of halogens is 1. The van der Waals surface area contributed by atoms with Crippen LogP contribution in [0.5, 0.6) is 0 Å². The lowest BCUT2D eigenvalue weighted by atomic mass is 10.1. The Morgan fingerprint density at radius 2 is 1.72 bits per heavy atom. The number of benzene rings is 2. The van der Waals surface area contributed by atoms with Gasteiger partial charge in [-0.05, 0) is 23.3 Å². The van der Waals surface area contributed by atoms with E-state index in [1.807, 2.05) is 54.6 Å². The molecule has 0 fully saturated rings. The molecule has 6 nitrogen and oxygen atoms in total. The van der Waals surface area contributed by atoms with Crippen LogP contribution in [0.15, 0.2) is 59.1 Å². The van der Waals surface area contributed by atoms with E-state index in [4.69, 9.17) is 4.74 Å². The average molecular weight is 408 g/mol. The van der Waals surface area contributed by atoms with Crippen molar-refractivity contribution < 1.29 is 24.1 Å². The molecule has 2 aromatic rings. The Bertz CT molecular complexity index is 690. The molecular formula is C18H18BrNO5. The van der Waals surface area contributed by atoms with Crippen LogP contribution in [0.4, 0.5) is 4.79 Å². The number of nitrogens with one attached hydrogen (secondary N) is 1. The molecule has 0 spiro atoms. The molecule has 1 atom stereocenters. The van der Waals surface area contributed by atoms with Crippen LogP contribution < -0.4 is 5.32 Å². The maximum Gasteiger partial charge on any atom is 0.408 e. The first-order valence-corrected chi connectivity index (χ1v) is 8.34. The molecule has 0 aliphatic rings. The third-order valence-corrected chi connectivity index (χ3v) is 3.84. The Morgan fingerprint density at radius 1 is 1.04 bits per heavy atom. The quantitative estimate of drug-likeness (QED) is 0.562. The first kappa shape index (κ1) is 19.0. The largest absolute Gasteiger partial charge is 0.445 e. The van der Waals surface area contributed by atoms with Gasteiger partial charge in [-0.1, -0.05) is 58.4 Å². The summed E-state index contributed by atoms with van der Waals surface area (Å²) in [7, 11) is 1.22. The highest BCUT2D eigenvalue weighted by molar-refractivity contribution is 9.10. The van der Waals surface area contributed by atoms with Crippen LogP contribution in [0, 0.1) is 0 Å². The zero-order valence-corrected chi connectivity index (χ0v) is 15.2. The second kappa shape index (κ2) is 9.80. The molecule has 0 aliphatic heterocycles. The first-order valence-electron chi connectivity index (χ1n) is 7.54. The molecule has 1 amide bonds. The van der Waals surface area contributed by atoms with E-state index in [0.717, 1.165) is 15.6 Å². The summed E-state index contributed by atoms with van der Waals surface area (Å²) in [6.07, 6.45) is -0.463. The van der Waals surface area contributed by atoms with Crippen LogP contribution in [-0.2, 0) is 32.3 Å². The molecular weight excluding hydrogens is 390 g/mol. The van der Waals surface area contributed by atoms with E-state index in [1.54, 1.807) is 0 Å². The van der Waals surface area contributed by atoms with Gasteiger partial charge in [-0.3, -0.25) is 4.89 Å². The Morgan fingerprint density at radius 3 is 2.36 bits per heavy atom. The molecule has 0 radical (unpaired) electrons. The minimum Gasteiger partial charge on any atom is -0.445 e. The van der Waals surface area contributed by atoms with Crippen molar-refractivity contribution in [3.05, 3.63) is 70.2 Å². The highest BCUT2D eigenvalue weighted by Gasteiger charge is 2.24. The monoisotopic (exact) mass is 407 g/mol. The molecule has 0 unspecified atom stereocenters. The predicted octanol–water partition coefficient (Wildman–Crippen LogP) is 3.39. The molecule has 2 rings (SSSR count). The van der Waals surface area contributed by atoms with Gasteiger partial charge >= 0.3 is 12.1 Å². The zero-order valence-electron chi connectivity index (χ0n) is 13.6. The van der Waals surface area contributed by atoms with Crippen LogP contribution in [0.25, 0.3) is 0 Å². The zero-order chi connectivity index (χ0) is 18.1. The number of carbonyl (C=O) groups excluding carboxylic acids is 2. The van der Waals surface area contributed by atoms with Gasteiger partial charge in [0.15, 0.2) is 0 Å². The van der Waals surface area contributed by atoms with Crippen molar-refractivity contribution in [2.24, 2.45) is 0 Å². The van der Waals surface area contributed by atoms with Crippen molar-refractivity contribution in [3.63, 3.8) is 0 Å². The van der Waals surface area contributed by atoms with E-state index >= 15 is 0 Å². The summed E-state index contributed by atoms with van der Waals surface area (Å²) in [4.78, 5) is 32.9. The Kier molecular flexibility index (Phi) is 7.43. The van der Waals surface area contributed by atoms with E-state index in [0.29, 0.717) is 0 Å². The van der Waals surface area contributed by atoms with Crippen LogP contribution in [-0.4, -0.2) is 25.2 Å². The maximum atomic E-state index is 12.0. The van der Waals surface area contributed by atoms with Crippen molar-refractivity contribution in [2.45, 2.75) is 19.1 Å². The normalized spacial score (nSPS) is 11.4. The van der Waals surface area contributed by atoms with Crippen LogP contribution in [0.1, 0.15) is 11.1 Å². The fourth-order valence-electron chi connectivity index (χ4n) is 2.10. The predicted molar refractivity (Wildman–Crippen MR) is 94.5 cm³/mol. The van der Waals surface area contributed by atoms with E-state index in [-0.39, 0.29) is 13.0 Å². The van der Waals surface area contributed by atoms with E-state index in [1.165, 1.54) is 7.11 Å². The van der Waals surface area contributed by atoms with Crippen LogP contribution >= 0.6 is 15.9 Å². The van der Waals surface area contributed by atoms with Crippen molar-refractivity contribution in [1.82, 2.24) is 5.32 Å². The summed E-state index contributed by atoms with van der Waals surface area (Å²) >= 11 is 3.35. The topological polar surface area (TPSA) is 73.9 Å². The highest BCUT2D eigenvalue weighted by Crippen LogP contribution is 2.12. The standard InChI is InChI=1S/C18H18BrNO5/c1-23-25-17(21)16(11-13-7-9-15(19)10-8-13)20-18(22)24-12-14-5-3-2-4-6-14/h2-10,16H,11-12H2,1H3,(H,20,22)/t16-/m1/s1. The van der Waals surface area contributed by atoms with Crippen LogP contribution in [0.2, 0.25) is 0 Å². The summed E-state index contributed by atoms with van der Waals surface area (Å²) in [6, 6.07) is 15.7. The lowest BCUT2D eigenvalue weighted by Gasteiger charge is -2.16. The maximum absolute atomic E-state index is 12.0. The molecule has 0 heterocycles. The smallest absolute Gasteiger partial charge is 0.408 e. The third-order valence-electron chi connectivity index (χ3n) is 3.31. The fraction of sp³-hybridized carbons (Fsp3) is 0.222. The van der Waals surface area contributed by atoms with Gasteiger partial charge in [0.2, 0.25) is 0 Å². The molecule has 7 heteroatoms. The van der Waals surface area contributed by atoms with Gasteiger partial charge in [-0.2, -0.15) is 4.89 Å². The number of carbonyl (C=O) groups is 2.